The van der Waals surface area contributed by atoms with Crippen molar-refractivity contribution in [2.45, 2.75) is 49.6 Å². The zero-order valence-corrected chi connectivity index (χ0v) is 9.35. The highest BCUT2D eigenvalue weighted by atomic mass is 79.9. The zero-order chi connectivity index (χ0) is 9.41. The molecule has 2 nitrogen and oxygen atoms in total. The molecule has 0 spiro atoms. The molecule has 2 atom stereocenters. The molecule has 0 aromatic rings. The van der Waals surface area contributed by atoms with Crippen molar-refractivity contribution in [3.8, 4) is 0 Å². The van der Waals surface area contributed by atoms with Crippen LogP contribution in [-0.2, 0) is 9.53 Å². The molecule has 0 N–H and O–H groups in total. The summed E-state index contributed by atoms with van der Waals surface area (Å²) in [5.41, 5.74) is -0.818. The van der Waals surface area contributed by atoms with Gasteiger partial charge in [0, 0.05) is 4.83 Å². The number of hydrogen-bond donors (Lipinski definition) is 0. The Bertz CT molecular complexity index is 191. The number of halogens is 1. The van der Waals surface area contributed by atoms with E-state index in [1.54, 1.807) is 0 Å². The maximum absolute atomic E-state index is 10.7. The van der Waals surface area contributed by atoms with Gasteiger partial charge in [0.2, 0.25) is 0 Å². The van der Waals surface area contributed by atoms with Gasteiger partial charge in [-0.05, 0) is 33.6 Å². The van der Waals surface area contributed by atoms with Crippen molar-refractivity contribution in [3.05, 3.63) is 0 Å². The molecule has 0 aromatic heterocycles. The molecule has 0 unspecified atom stereocenters. The lowest BCUT2D eigenvalue weighted by atomic mass is 9.89. The van der Waals surface area contributed by atoms with Gasteiger partial charge in [-0.2, -0.15) is 0 Å². The van der Waals surface area contributed by atoms with E-state index in [-0.39, 0.29) is 5.60 Å². The van der Waals surface area contributed by atoms with E-state index in [9.17, 15) is 4.79 Å². The van der Waals surface area contributed by atoms with E-state index in [0.29, 0.717) is 4.83 Å². The molecule has 70 valence electrons. The fourth-order valence-corrected chi connectivity index (χ4v) is 1.88. The highest BCUT2D eigenvalue weighted by Crippen LogP contribution is 2.37. The molecule has 0 bridgehead atoms. The van der Waals surface area contributed by atoms with Gasteiger partial charge in [0.05, 0.1) is 5.60 Å². The quantitative estimate of drug-likeness (QED) is 0.515. The van der Waals surface area contributed by atoms with Crippen LogP contribution in [0.1, 0.15) is 33.6 Å². The molecular formula is C9H15BrO2. The zero-order valence-electron chi connectivity index (χ0n) is 7.76. The minimum atomic E-state index is -0.576. The van der Waals surface area contributed by atoms with Gasteiger partial charge >= 0.3 is 0 Å². The van der Waals surface area contributed by atoms with Crippen LogP contribution in [0.2, 0.25) is 0 Å². The minimum Gasteiger partial charge on any atom is -0.361 e. The van der Waals surface area contributed by atoms with Crippen LogP contribution in [0.4, 0.5) is 0 Å². The fourth-order valence-electron chi connectivity index (χ4n) is 1.56. The summed E-state index contributed by atoms with van der Waals surface area (Å²) in [6, 6.07) is 0. The smallest absolute Gasteiger partial charge is 0.151 e. The predicted octanol–water partition coefficient (Wildman–Crippen LogP) is 2.30. The second-order valence-electron chi connectivity index (χ2n) is 4.14. The van der Waals surface area contributed by atoms with Gasteiger partial charge in [-0.1, -0.05) is 15.9 Å². The Morgan fingerprint density at radius 3 is 2.50 bits per heavy atom. The lowest BCUT2D eigenvalue weighted by Crippen LogP contribution is -2.50. The summed E-state index contributed by atoms with van der Waals surface area (Å²) in [5.74, 6) is 0. The Hall–Kier alpha value is 0.110. The Balaban J connectivity index is 2.75. The number of alkyl halides is 1. The van der Waals surface area contributed by atoms with E-state index in [0.717, 1.165) is 19.1 Å². The van der Waals surface area contributed by atoms with E-state index in [1.165, 1.54) is 0 Å². The monoisotopic (exact) mass is 234 g/mol. The van der Waals surface area contributed by atoms with Crippen LogP contribution in [0.15, 0.2) is 0 Å². The van der Waals surface area contributed by atoms with E-state index in [4.69, 9.17) is 4.74 Å². The van der Waals surface area contributed by atoms with Crippen LogP contribution in [0.3, 0.4) is 0 Å². The summed E-state index contributed by atoms with van der Waals surface area (Å²) in [7, 11) is 0. The second kappa shape index (κ2) is 3.11. The average Bonchev–Trinajstić information content (AvgIpc) is 1.97. The predicted molar refractivity (Wildman–Crippen MR) is 51.6 cm³/mol. The lowest BCUT2D eigenvalue weighted by Gasteiger charge is -2.43. The van der Waals surface area contributed by atoms with Gasteiger partial charge in [-0.3, -0.25) is 0 Å². The molecular weight excluding hydrogens is 220 g/mol. The maximum Gasteiger partial charge on any atom is 0.151 e. The van der Waals surface area contributed by atoms with Crippen LogP contribution in [0.25, 0.3) is 0 Å². The van der Waals surface area contributed by atoms with Crippen LogP contribution in [0, 0.1) is 0 Å². The number of hydrogen-bond acceptors (Lipinski definition) is 2. The number of aldehydes is 1. The molecule has 3 heteroatoms. The van der Waals surface area contributed by atoms with E-state index < -0.39 is 5.60 Å². The van der Waals surface area contributed by atoms with Gasteiger partial charge in [-0.15, -0.1) is 0 Å². The number of carbonyl (C=O) groups is 1. The molecule has 12 heavy (non-hydrogen) atoms. The van der Waals surface area contributed by atoms with E-state index in [2.05, 4.69) is 15.9 Å². The molecule has 1 aliphatic rings. The third-order valence-electron chi connectivity index (χ3n) is 2.39. The Morgan fingerprint density at radius 1 is 1.50 bits per heavy atom. The number of carbonyl (C=O) groups excluding carboxylic acids is 1. The van der Waals surface area contributed by atoms with Crippen LogP contribution < -0.4 is 0 Å². The fraction of sp³-hybridized carbons (Fsp3) is 0.889. The SMILES string of the molecule is CC1(C)O[C@](C)(C=O)CC[C@@H]1Br. The normalized spacial score (nSPS) is 40.8. The van der Waals surface area contributed by atoms with Crippen molar-refractivity contribution < 1.29 is 9.53 Å². The Labute approximate surface area is 81.8 Å². The summed E-state index contributed by atoms with van der Waals surface area (Å²) < 4.78 is 5.71. The molecule has 0 amide bonds. The van der Waals surface area contributed by atoms with Gasteiger partial charge in [-0.25, -0.2) is 0 Å². The first-order valence-electron chi connectivity index (χ1n) is 4.20. The summed E-state index contributed by atoms with van der Waals surface area (Å²) >= 11 is 3.55. The first kappa shape index (κ1) is 10.2. The standard InChI is InChI=1S/C9H15BrO2/c1-8(2)7(10)4-5-9(3,6-11)12-8/h6-7H,4-5H2,1-3H3/t7-,9-/m0/s1. The van der Waals surface area contributed by atoms with E-state index >= 15 is 0 Å². The molecule has 1 heterocycles. The molecule has 0 radical (unpaired) electrons. The van der Waals surface area contributed by atoms with Crippen LogP contribution >= 0.6 is 15.9 Å². The van der Waals surface area contributed by atoms with Gasteiger partial charge in [0.15, 0.2) is 6.29 Å². The molecule has 0 aliphatic carbocycles. The molecule has 0 saturated carbocycles. The summed E-state index contributed by atoms with van der Waals surface area (Å²) in [6.45, 7) is 5.86. The van der Waals surface area contributed by atoms with Gasteiger partial charge in [0.25, 0.3) is 0 Å². The van der Waals surface area contributed by atoms with Crippen molar-refractivity contribution >= 4 is 22.2 Å². The topological polar surface area (TPSA) is 26.3 Å². The summed E-state index contributed by atoms with van der Waals surface area (Å²) in [5, 5.41) is 0. The average molecular weight is 235 g/mol. The Morgan fingerprint density at radius 2 is 2.08 bits per heavy atom. The minimum absolute atomic E-state index is 0.242. The third kappa shape index (κ3) is 1.88. The molecule has 1 aliphatic heterocycles. The number of ether oxygens (including phenoxy) is 1. The van der Waals surface area contributed by atoms with E-state index in [1.807, 2.05) is 20.8 Å². The van der Waals surface area contributed by atoms with Crippen LogP contribution in [0.5, 0.6) is 0 Å². The van der Waals surface area contributed by atoms with Crippen molar-refractivity contribution in [2.24, 2.45) is 0 Å². The van der Waals surface area contributed by atoms with Gasteiger partial charge in [0.1, 0.15) is 5.60 Å². The van der Waals surface area contributed by atoms with Crippen molar-refractivity contribution in [1.29, 1.82) is 0 Å². The first-order valence-corrected chi connectivity index (χ1v) is 5.12. The first-order chi connectivity index (χ1) is 5.40. The highest BCUT2D eigenvalue weighted by molar-refractivity contribution is 9.09. The number of rotatable bonds is 1. The lowest BCUT2D eigenvalue weighted by molar-refractivity contribution is -0.166. The maximum atomic E-state index is 10.7. The summed E-state index contributed by atoms with van der Waals surface area (Å²) in [4.78, 5) is 11.1. The largest absolute Gasteiger partial charge is 0.361 e. The highest BCUT2D eigenvalue weighted by Gasteiger charge is 2.42. The van der Waals surface area contributed by atoms with Crippen LogP contribution in [-0.4, -0.2) is 22.3 Å². The van der Waals surface area contributed by atoms with Gasteiger partial charge < -0.3 is 9.53 Å². The third-order valence-corrected chi connectivity index (χ3v) is 3.95. The molecule has 1 fully saturated rings. The molecule has 0 aromatic carbocycles. The molecule has 1 saturated heterocycles. The molecule has 1 rings (SSSR count). The van der Waals surface area contributed by atoms with Crippen molar-refractivity contribution in [2.75, 3.05) is 0 Å². The second-order valence-corrected chi connectivity index (χ2v) is 5.25. The summed E-state index contributed by atoms with van der Waals surface area (Å²) in [6.07, 6.45) is 2.70. The Kier molecular flexibility index (Phi) is 2.64. The van der Waals surface area contributed by atoms with Crippen molar-refractivity contribution in [3.63, 3.8) is 0 Å². The van der Waals surface area contributed by atoms with Crippen molar-refractivity contribution in [1.82, 2.24) is 0 Å².